The largest absolute Gasteiger partial charge is 0.483 e. The van der Waals surface area contributed by atoms with Crippen LogP contribution in [0.2, 0.25) is 0 Å². The lowest BCUT2D eigenvalue weighted by atomic mass is 10.2. The molecule has 0 saturated carbocycles. The van der Waals surface area contributed by atoms with Crippen molar-refractivity contribution < 1.29 is 19.4 Å². The number of ether oxygens (including phenoxy) is 2. The van der Waals surface area contributed by atoms with Gasteiger partial charge < -0.3 is 19.5 Å². The molecule has 0 unspecified atom stereocenters. The fourth-order valence-electron chi connectivity index (χ4n) is 2.35. The maximum Gasteiger partial charge on any atom is 0.337 e. The molecule has 0 aliphatic carbocycles. The summed E-state index contributed by atoms with van der Waals surface area (Å²) in [5.74, 6) is 0.210. The summed E-state index contributed by atoms with van der Waals surface area (Å²) in [6, 6.07) is 10.9. The molecular formula is C16H16N2O4. The fourth-order valence-corrected chi connectivity index (χ4v) is 2.35. The number of likely N-dealkylation sites (N-methyl/N-ethyl adjacent to an activating group) is 1. The van der Waals surface area contributed by atoms with E-state index < -0.39 is 5.97 Å². The van der Waals surface area contributed by atoms with E-state index in [-0.39, 0.29) is 11.7 Å². The minimum Gasteiger partial charge on any atom is -0.483 e. The number of aromatic carboxylic acids is 1. The highest BCUT2D eigenvalue weighted by Gasteiger charge is 2.23. The van der Waals surface area contributed by atoms with Crippen LogP contribution in [0.1, 0.15) is 10.4 Å². The number of anilines is 1. The monoisotopic (exact) mass is 300 g/mol. The highest BCUT2D eigenvalue weighted by Crippen LogP contribution is 2.31. The number of nitrogens with zero attached hydrogens (tertiary/aromatic N) is 2. The van der Waals surface area contributed by atoms with Crippen LogP contribution in [0.25, 0.3) is 0 Å². The summed E-state index contributed by atoms with van der Waals surface area (Å²) in [6.07, 6.45) is 1.17. The molecule has 0 saturated heterocycles. The van der Waals surface area contributed by atoms with Gasteiger partial charge in [-0.25, -0.2) is 9.78 Å². The van der Waals surface area contributed by atoms with Crippen LogP contribution in [0.4, 0.5) is 5.69 Å². The topological polar surface area (TPSA) is 71.9 Å². The number of fused-ring (bicyclic) bond motifs is 1. The molecule has 6 nitrogen and oxygen atoms in total. The number of rotatable bonds is 4. The Bertz CT molecular complexity index is 672. The molecular weight excluding hydrogens is 284 g/mol. The molecule has 1 aliphatic rings. The van der Waals surface area contributed by atoms with Gasteiger partial charge in [-0.2, -0.15) is 0 Å². The summed E-state index contributed by atoms with van der Waals surface area (Å²) < 4.78 is 11.5. The van der Waals surface area contributed by atoms with E-state index in [1.165, 1.54) is 12.3 Å². The highest BCUT2D eigenvalue weighted by atomic mass is 16.5. The second kappa shape index (κ2) is 5.93. The zero-order valence-electron chi connectivity index (χ0n) is 12.1. The van der Waals surface area contributed by atoms with E-state index in [1.54, 1.807) is 6.07 Å². The fraction of sp³-hybridized carbons (Fsp3) is 0.250. The first-order valence-corrected chi connectivity index (χ1v) is 6.92. The molecule has 1 aliphatic heterocycles. The number of carboxylic acid groups (broad SMARTS) is 1. The van der Waals surface area contributed by atoms with Gasteiger partial charge in [0.1, 0.15) is 12.4 Å². The molecule has 2 aromatic rings. The van der Waals surface area contributed by atoms with Gasteiger partial charge in [-0.1, -0.05) is 12.1 Å². The Kier molecular flexibility index (Phi) is 3.82. The molecule has 114 valence electrons. The molecule has 6 heteroatoms. The van der Waals surface area contributed by atoms with Gasteiger partial charge in [-0.05, 0) is 18.2 Å². The highest BCUT2D eigenvalue weighted by molar-refractivity contribution is 5.87. The van der Waals surface area contributed by atoms with Crippen LogP contribution in [-0.4, -0.2) is 42.4 Å². The Labute approximate surface area is 127 Å². The zero-order chi connectivity index (χ0) is 15.5. The van der Waals surface area contributed by atoms with Crippen LogP contribution in [0.3, 0.4) is 0 Å². The first kappa shape index (κ1) is 14.2. The van der Waals surface area contributed by atoms with Gasteiger partial charge in [0.25, 0.3) is 0 Å². The van der Waals surface area contributed by atoms with Crippen molar-refractivity contribution in [3.8, 4) is 11.6 Å². The van der Waals surface area contributed by atoms with Crippen molar-refractivity contribution in [2.24, 2.45) is 0 Å². The average molecular weight is 300 g/mol. The molecule has 0 spiro atoms. The van der Waals surface area contributed by atoms with Crippen molar-refractivity contribution in [3.05, 3.63) is 48.2 Å². The minimum absolute atomic E-state index is 0.110. The van der Waals surface area contributed by atoms with Crippen LogP contribution < -0.4 is 14.4 Å². The number of para-hydroxylation sites is 2. The number of pyridine rings is 1. The molecule has 2 heterocycles. The lowest BCUT2D eigenvalue weighted by Gasteiger charge is -2.33. The van der Waals surface area contributed by atoms with E-state index in [0.29, 0.717) is 19.0 Å². The first-order valence-electron chi connectivity index (χ1n) is 6.92. The molecule has 0 amide bonds. The van der Waals surface area contributed by atoms with Gasteiger partial charge in [-0.3, -0.25) is 0 Å². The summed E-state index contributed by atoms with van der Waals surface area (Å²) >= 11 is 0. The molecule has 1 atom stereocenters. The average Bonchev–Trinajstić information content (AvgIpc) is 2.53. The molecule has 1 aromatic heterocycles. The van der Waals surface area contributed by atoms with Crippen LogP contribution in [0, 0.1) is 0 Å². The normalized spacial score (nSPS) is 16.6. The Morgan fingerprint density at radius 2 is 2.23 bits per heavy atom. The Morgan fingerprint density at radius 3 is 2.95 bits per heavy atom. The van der Waals surface area contributed by atoms with Gasteiger partial charge in [0.2, 0.25) is 5.88 Å². The minimum atomic E-state index is -1.01. The molecule has 0 fully saturated rings. The standard InChI is InChI=1S/C16H16N2O4/c1-18-9-12(22-14-5-3-2-4-13(14)18)10-21-15-7-6-11(8-17-15)16(19)20/h2-8,12H,9-10H2,1H3,(H,19,20)/t12-/m0/s1. The van der Waals surface area contributed by atoms with Crippen LogP contribution >= 0.6 is 0 Å². The number of carbonyl (C=O) groups is 1. The molecule has 0 radical (unpaired) electrons. The molecule has 3 rings (SSSR count). The first-order chi connectivity index (χ1) is 10.6. The maximum atomic E-state index is 10.8. The van der Waals surface area contributed by atoms with Gasteiger partial charge in [0.15, 0.2) is 6.10 Å². The Hall–Kier alpha value is -2.76. The SMILES string of the molecule is CN1C[C@@H](COc2ccc(C(=O)O)cn2)Oc2ccccc21. The van der Waals surface area contributed by atoms with Crippen LogP contribution in [0.15, 0.2) is 42.6 Å². The quantitative estimate of drug-likeness (QED) is 0.932. The van der Waals surface area contributed by atoms with Crippen molar-refractivity contribution in [2.75, 3.05) is 25.1 Å². The van der Waals surface area contributed by atoms with E-state index in [2.05, 4.69) is 9.88 Å². The predicted molar refractivity (Wildman–Crippen MR) is 80.8 cm³/mol. The zero-order valence-corrected chi connectivity index (χ0v) is 12.1. The summed E-state index contributed by atoms with van der Waals surface area (Å²) in [5.41, 5.74) is 1.19. The lowest BCUT2D eigenvalue weighted by Crippen LogP contribution is -2.41. The molecule has 1 aromatic carbocycles. The van der Waals surface area contributed by atoms with Gasteiger partial charge >= 0.3 is 5.97 Å². The van der Waals surface area contributed by atoms with Crippen molar-refractivity contribution in [2.45, 2.75) is 6.10 Å². The van der Waals surface area contributed by atoms with Crippen molar-refractivity contribution >= 4 is 11.7 Å². The van der Waals surface area contributed by atoms with Crippen LogP contribution in [0.5, 0.6) is 11.6 Å². The number of aromatic nitrogens is 1. The van der Waals surface area contributed by atoms with E-state index >= 15 is 0 Å². The third-order valence-electron chi connectivity index (χ3n) is 3.45. The van der Waals surface area contributed by atoms with Gasteiger partial charge in [0.05, 0.1) is 17.8 Å². The third-order valence-corrected chi connectivity index (χ3v) is 3.45. The molecule has 22 heavy (non-hydrogen) atoms. The maximum absolute atomic E-state index is 10.8. The summed E-state index contributed by atoms with van der Waals surface area (Å²) in [7, 11) is 2.01. The summed E-state index contributed by atoms with van der Waals surface area (Å²) in [5, 5.41) is 8.83. The summed E-state index contributed by atoms with van der Waals surface area (Å²) in [6.45, 7) is 1.06. The van der Waals surface area contributed by atoms with E-state index in [1.807, 2.05) is 31.3 Å². The summed E-state index contributed by atoms with van der Waals surface area (Å²) in [4.78, 5) is 16.9. The number of hydrogen-bond acceptors (Lipinski definition) is 5. The number of carboxylic acids is 1. The predicted octanol–water partition coefficient (Wildman–Crippen LogP) is 2.06. The van der Waals surface area contributed by atoms with E-state index in [9.17, 15) is 4.79 Å². The number of hydrogen-bond donors (Lipinski definition) is 1. The Morgan fingerprint density at radius 1 is 1.41 bits per heavy atom. The lowest BCUT2D eigenvalue weighted by molar-refractivity contribution is 0.0696. The molecule has 1 N–H and O–H groups in total. The second-order valence-electron chi connectivity index (χ2n) is 5.09. The third kappa shape index (κ3) is 2.95. The van der Waals surface area contributed by atoms with Crippen molar-refractivity contribution in [3.63, 3.8) is 0 Å². The van der Waals surface area contributed by atoms with E-state index in [4.69, 9.17) is 14.6 Å². The number of benzene rings is 1. The van der Waals surface area contributed by atoms with Crippen LogP contribution in [-0.2, 0) is 0 Å². The van der Waals surface area contributed by atoms with Crippen molar-refractivity contribution in [1.82, 2.24) is 4.98 Å². The van der Waals surface area contributed by atoms with Gasteiger partial charge in [-0.15, -0.1) is 0 Å². The Balaban J connectivity index is 1.62. The van der Waals surface area contributed by atoms with Gasteiger partial charge in [0, 0.05) is 19.3 Å². The molecule has 0 bridgehead atoms. The second-order valence-corrected chi connectivity index (χ2v) is 5.09. The van der Waals surface area contributed by atoms with E-state index in [0.717, 1.165) is 11.4 Å². The smallest absolute Gasteiger partial charge is 0.337 e. The van der Waals surface area contributed by atoms with Crippen molar-refractivity contribution in [1.29, 1.82) is 0 Å².